The highest BCUT2D eigenvalue weighted by Gasteiger charge is 2.11. The number of aromatic nitrogens is 3. The van der Waals surface area contributed by atoms with E-state index in [4.69, 9.17) is 4.52 Å². The topological polar surface area (TPSA) is 73.0 Å². The van der Waals surface area contributed by atoms with E-state index in [-0.39, 0.29) is 5.56 Å². The lowest BCUT2D eigenvalue weighted by molar-refractivity contribution is 0.392. The maximum Gasteiger partial charge on any atom is 0.282 e. The summed E-state index contributed by atoms with van der Waals surface area (Å²) in [7, 11) is 1.60. The minimum absolute atomic E-state index is 0.182. The van der Waals surface area contributed by atoms with Crippen LogP contribution in [0.3, 0.4) is 0 Å². The van der Waals surface area contributed by atoms with E-state index in [0.29, 0.717) is 16.7 Å². The molecule has 2 aromatic heterocycles. The van der Waals surface area contributed by atoms with Crippen molar-refractivity contribution in [2.24, 2.45) is 7.05 Å². The Balaban J connectivity index is 2.22. The molecule has 0 aliphatic rings. The van der Waals surface area contributed by atoms with Crippen molar-refractivity contribution in [2.45, 2.75) is 20.4 Å². The average Bonchev–Trinajstić information content (AvgIpc) is 2.66. The number of nitrogens with zero attached hydrogens (tertiary/aromatic N) is 3. The van der Waals surface area contributed by atoms with Gasteiger partial charge in [0.05, 0.1) is 17.6 Å². The van der Waals surface area contributed by atoms with Crippen LogP contribution in [0.25, 0.3) is 0 Å². The summed E-state index contributed by atoms with van der Waals surface area (Å²) in [6.07, 6.45) is 1.60. The summed E-state index contributed by atoms with van der Waals surface area (Å²) in [4.78, 5) is 11.7. The van der Waals surface area contributed by atoms with Crippen LogP contribution in [0.15, 0.2) is 20.0 Å². The summed E-state index contributed by atoms with van der Waals surface area (Å²) in [5.41, 5.74) is 2.30. The Kier molecular flexibility index (Phi) is 3.51. The largest absolute Gasteiger partial charge is 0.378 e. The Morgan fingerprint density at radius 3 is 2.83 bits per heavy atom. The molecular formula is C11H13BrN4O2. The van der Waals surface area contributed by atoms with Gasteiger partial charge in [-0.05, 0) is 29.8 Å². The van der Waals surface area contributed by atoms with Gasteiger partial charge in [-0.2, -0.15) is 5.10 Å². The molecule has 0 saturated heterocycles. The van der Waals surface area contributed by atoms with Gasteiger partial charge in [-0.25, -0.2) is 4.68 Å². The van der Waals surface area contributed by atoms with Gasteiger partial charge in [-0.3, -0.25) is 4.79 Å². The summed E-state index contributed by atoms with van der Waals surface area (Å²) in [6.45, 7) is 4.27. The molecule has 96 valence electrons. The molecule has 0 amide bonds. The second-order valence-electron chi connectivity index (χ2n) is 3.96. The zero-order chi connectivity index (χ0) is 13.3. The van der Waals surface area contributed by atoms with Crippen LogP contribution in [0.4, 0.5) is 5.69 Å². The fourth-order valence-electron chi connectivity index (χ4n) is 1.57. The fourth-order valence-corrected chi connectivity index (χ4v) is 2.07. The maximum absolute atomic E-state index is 11.7. The predicted octanol–water partition coefficient (Wildman–Crippen LogP) is 1.76. The molecule has 2 heterocycles. The van der Waals surface area contributed by atoms with Crippen molar-refractivity contribution in [3.05, 3.63) is 38.0 Å². The van der Waals surface area contributed by atoms with Crippen molar-refractivity contribution in [1.29, 1.82) is 0 Å². The summed E-state index contributed by atoms with van der Waals surface area (Å²) in [5.74, 6) is 0.771. The fraction of sp³-hybridized carbons (Fsp3) is 0.364. The van der Waals surface area contributed by atoms with Crippen molar-refractivity contribution in [3.63, 3.8) is 0 Å². The first-order valence-corrected chi connectivity index (χ1v) is 6.17. The molecule has 0 aliphatic carbocycles. The molecule has 0 fully saturated rings. The number of aryl methyl sites for hydroxylation is 3. The third-order valence-corrected chi connectivity index (χ3v) is 3.48. The van der Waals surface area contributed by atoms with Crippen LogP contribution in [0.2, 0.25) is 0 Å². The predicted molar refractivity (Wildman–Crippen MR) is 70.5 cm³/mol. The van der Waals surface area contributed by atoms with Crippen LogP contribution in [0.1, 0.15) is 17.0 Å². The van der Waals surface area contributed by atoms with Gasteiger partial charge in [0.2, 0.25) is 0 Å². The standard InChI is InChI=1S/C11H13BrN4O2/c1-6-8(7(2)18-15-6)4-13-9-5-14-16(3)11(17)10(9)12/h5,13H,4H2,1-3H3. The highest BCUT2D eigenvalue weighted by Crippen LogP contribution is 2.19. The number of nitrogens with one attached hydrogen (secondary N) is 1. The minimum Gasteiger partial charge on any atom is -0.378 e. The summed E-state index contributed by atoms with van der Waals surface area (Å²) in [5, 5.41) is 11.0. The first kappa shape index (κ1) is 12.8. The summed E-state index contributed by atoms with van der Waals surface area (Å²) in [6, 6.07) is 0. The Labute approximate surface area is 112 Å². The monoisotopic (exact) mass is 312 g/mol. The molecule has 0 spiro atoms. The van der Waals surface area contributed by atoms with E-state index in [1.165, 1.54) is 4.68 Å². The van der Waals surface area contributed by atoms with Crippen molar-refractivity contribution in [3.8, 4) is 0 Å². The lowest BCUT2D eigenvalue weighted by Crippen LogP contribution is -2.21. The number of hydrogen-bond donors (Lipinski definition) is 1. The van der Waals surface area contributed by atoms with Gasteiger partial charge in [0.1, 0.15) is 10.2 Å². The van der Waals surface area contributed by atoms with Crippen LogP contribution in [-0.4, -0.2) is 14.9 Å². The van der Waals surface area contributed by atoms with Crippen LogP contribution in [-0.2, 0) is 13.6 Å². The SMILES string of the molecule is Cc1noc(C)c1CNc1cnn(C)c(=O)c1Br. The van der Waals surface area contributed by atoms with Gasteiger partial charge in [0, 0.05) is 19.2 Å². The molecule has 2 aromatic rings. The zero-order valence-electron chi connectivity index (χ0n) is 10.3. The van der Waals surface area contributed by atoms with E-state index >= 15 is 0 Å². The van der Waals surface area contributed by atoms with E-state index in [1.807, 2.05) is 13.8 Å². The first-order chi connectivity index (χ1) is 8.50. The van der Waals surface area contributed by atoms with Crippen molar-refractivity contribution in [1.82, 2.24) is 14.9 Å². The van der Waals surface area contributed by atoms with E-state index in [9.17, 15) is 4.79 Å². The molecule has 2 rings (SSSR count). The van der Waals surface area contributed by atoms with Gasteiger partial charge in [0.15, 0.2) is 0 Å². The van der Waals surface area contributed by atoms with E-state index in [1.54, 1.807) is 13.2 Å². The molecule has 7 heteroatoms. The highest BCUT2D eigenvalue weighted by molar-refractivity contribution is 9.10. The molecule has 0 aromatic carbocycles. The molecular weight excluding hydrogens is 300 g/mol. The van der Waals surface area contributed by atoms with Crippen LogP contribution < -0.4 is 10.9 Å². The van der Waals surface area contributed by atoms with Crippen LogP contribution in [0, 0.1) is 13.8 Å². The molecule has 1 N–H and O–H groups in total. The molecule has 0 unspecified atom stereocenters. The Morgan fingerprint density at radius 1 is 1.50 bits per heavy atom. The summed E-state index contributed by atoms with van der Waals surface area (Å²) < 4.78 is 6.81. The number of rotatable bonds is 3. The van der Waals surface area contributed by atoms with Crippen LogP contribution >= 0.6 is 15.9 Å². The average molecular weight is 313 g/mol. The third kappa shape index (κ3) is 2.31. The second-order valence-corrected chi connectivity index (χ2v) is 4.75. The van der Waals surface area contributed by atoms with Gasteiger partial charge in [0.25, 0.3) is 5.56 Å². The van der Waals surface area contributed by atoms with Gasteiger partial charge in [-0.1, -0.05) is 5.16 Å². The van der Waals surface area contributed by atoms with E-state index in [2.05, 4.69) is 31.5 Å². The second kappa shape index (κ2) is 4.93. The summed E-state index contributed by atoms with van der Waals surface area (Å²) >= 11 is 3.26. The van der Waals surface area contributed by atoms with E-state index < -0.39 is 0 Å². The lowest BCUT2D eigenvalue weighted by atomic mass is 10.2. The maximum atomic E-state index is 11.7. The Bertz CT molecular complexity index is 613. The Morgan fingerprint density at radius 2 is 2.22 bits per heavy atom. The highest BCUT2D eigenvalue weighted by atomic mass is 79.9. The Hall–Kier alpha value is -1.63. The first-order valence-electron chi connectivity index (χ1n) is 5.38. The van der Waals surface area contributed by atoms with Crippen molar-refractivity contribution in [2.75, 3.05) is 5.32 Å². The van der Waals surface area contributed by atoms with Gasteiger partial charge in [-0.15, -0.1) is 0 Å². The number of hydrogen-bond acceptors (Lipinski definition) is 5. The van der Waals surface area contributed by atoms with Gasteiger partial charge >= 0.3 is 0 Å². The van der Waals surface area contributed by atoms with Crippen molar-refractivity contribution < 1.29 is 4.52 Å². The molecule has 0 bridgehead atoms. The smallest absolute Gasteiger partial charge is 0.282 e. The van der Waals surface area contributed by atoms with Crippen LogP contribution in [0.5, 0.6) is 0 Å². The molecule has 0 radical (unpaired) electrons. The molecule has 6 nitrogen and oxygen atoms in total. The molecule has 0 aliphatic heterocycles. The lowest BCUT2D eigenvalue weighted by Gasteiger charge is -2.08. The van der Waals surface area contributed by atoms with E-state index in [0.717, 1.165) is 17.0 Å². The number of halogens is 1. The minimum atomic E-state index is -0.182. The molecule has 18 heavy (non-hydrogen) atoms. The third-order valence-electron chi connectivity index (χ3n) is 2.72. The molecule has 0 atom stereocenters. The number of anilines is 1. The van der Waals surface area contributed by atoms with Crippen molar-refractivity contribution >= 4 is 21.6 Å². The quantitative estimate of drug-likeness (QED) is 0.935. The molecule has 0 saturated carbocycles. The van der Waals surface area contributed by atoms with Gasteiger partial charge < -0.3 is 9.84 Å². The zero-order valence-corrected chi connectivity index (χ0v) is 11.9. The normalized spacial score (nSPS) is 10.7.